The molecule has 3 rings (SSSR count). The average molecular weight is 359 g/mol. The largest absolute Gasteiger partial charge is 0.496 e. The van der Waals surface area contributed by atoms with Gasteiger partial charge in [0.2, 0.25) is 0 Å². The van der Waals surface area contributed by atoms with Crippen molar-refractivity contribution in [3.8, 4) is 24.0 Å². The van der Waals surface area contributed by atoms with Crippen LogP contribution in [0.25, 0.3) is 0 Å². The van der Waals surface area contributed by atoms with Crippen LogP contribution in [0.2, 0.25) is 0 Å². The molecule has 0 fully saturated rings. The number of hydrogen-bond acceptors (Lipinski definition) is 6. The molecule has 0 amide bonds. The van der Waals surface area contributed by atoms with Crippen molar-refractivity contribution >= 4 is 0 Å². The third-order valence-corrected chi connectivity index (χ3v) is 5.65. The van der Waals surface area contributed by atoms with E-state index in [4.69, 9.17) is 10.5 Å². The third kappa shape index (κ3) is 2.65. The molecule has 2 N–H and O–H groups in total. The van der Waals surface area contributed by atoms with E-state index in [1.54, 1.807) is 7.11 Å². The van der Waals surface area contributed by atoms with Gasteiger partial charge >= 0.3 is 0 Å². The number of likely N-dealkylation sites (N-methyl/N-ethyl adjacent to an activating group) is 1. The van der Waals surface area contributed by atoms with E-state index in [2.05, 4.69) is 30.0 Å². The minimum atomic E-state index is -1.66. The predicted molar refractivity (Wildman–Crippen MR) is 99.9 cm³/mol. The van der Waals surface area contributed by atoms with Gasteiger partial charge in [-0.05, 0) is 18.2 Å². The molecule has 0 saturated heterocycles. The topological polar surface area (TPSA) is 110 Å². The quantitative estimate of drug-likeness (QED) is 0.887. The van der Waals surface area contributed by atoms with Crippen LogP contribution < -0.4 is 10.5 Å². The van der Waals surface area contributed by atoms with Crippen LogP contribution in [0.5, 0.6) is 5.75 Å². The molecule has 1 aliphatic heterocycles. The monoisotopic (exact) mass is 359 g/mol. The van der Waals surface area contributed by atoms with Gasteiger partial charge in [0.25, 0.3) is 0 Å². The Morgan fingerprint density at radius 3 is 2.56 bits per heavy atom. The van der Waals surface area contributed by atoms with Gasteiger partial charge in [0.05, 0.1) is 36.6 Å². The molecule has 6 nitrogen and oxygen atoms in total. The summed E-state index contributed by atoms with van der Waals surface area (Å²) in [5, 5.41) is 29.9. The minimum Gasteiger partial charge on any atom is -0.496 e. The Kier molecular flexibility index (Phi) is 4.91. The second kappa shape index (κ2) is 7.16. The molecule has 136 valence electrons. The first kappa shape index (κ1) is 18.5. The van der Waals surface area contributed by atoms with E-state index in [9.17, 15) is 15.8 Å². The van der Waals surface area contributed by atoms with Crippen LogP contribution in [0.1, 0.15) is 18.4 Å². The fourth-order valence-electron chi connectivity index (χ4n) is 4.29. The van der Waals surface area contributed by atoms with Crippen molar-refractivity contribution in [3.63, 3.8) is 0 Å². The molecule has 2 aliphatic rings. The fraction of sp³-hybridized carbons (Fsp3) is 0.381. The molecule has 1 aromatic rings. The molecule has 0 bridgehead atoms. The van der Waals surface area contributed by atoms with Crippen molar-refractivity contribution < 1.29 is 4.74 Å². The predicted octanol–water partition coefficient (Wildman–Crippen LogP) is 2.44. The van der Waals surface area contributed by atoms with Gasteiger partial charge in [-0.1, -0.05) is 31.2 Å². The lowest BCUT2D eigenvalue weighted by molar-refractivity contribution is 0.213. The van der Waals surface area contributed by atoms with E-state index in [1.165, 1.54) is 0 Å². The highest BCUT2D eigenvalue weighted by Gasteiger charge is 2.55. The highest BCUT2D eigenvalue weighted by Crippen LogP contribution is 2.55. The van der Waals surface area contributed by atoms with Crippen LogP contribution in [-0.2, 0) is 0 Å². The molecular weight excluding hydrogens is 338 g/mol. The number of ether oxygens (including phenoxy) is 1. The van der Waals surface area contributed by atoms with Crippen LogP contribution in [0.3, 0.4) is 0 Å². The number of hydrogen-bond donors (Lipinski definition) is 1. The van der Waals surface area contributed by atoms with Crippen molar-refractivity contribution in [2.45, 2.75) is 12.8 Å². The molecule has 0 aromatic heterocycles. The molecule has 1 heterocycles. The third-order valence-electron chi connectivity index (χ3n) is 5.65. The van der Waals surface area contributed by atoms with Crippen LogP contribution in [0.4, 0.5) is 0 Å². The molecule has 0 radical (unpaired) electrons. The summed E-state index contributed by atoms with van der Waals surface area (Å²) in [6.07, 6.45) is 2.02. The lowest BCUT2D eigenvalue weighted by atomic mass is 9.57. The van der Waals surface area contributed by atoms with E-state index in [-0.39, 0.29) is 17.2 Å². The van der Waals surface area contributed by atoms with Gasteiger partial charge < -0.3 is 10.5 Å². The highest BCUT2D eigenvalue weighted by atomic mass is 16.5. The van der Waals surface area contributed by atoms with Crippen LogP contribution in [-0.4, -0.2) is 31.6 Å². The Bertz CT molecular complexity index is 927. The van der Waals surface area contributed by atoms with Gasteiger partial charge in [-0.3, -0.25) is 4.90 Å². The van der Waals surface area contributed by atoms with E-state index < -0.39 is 11.3 Å². The number of fused-ring (bicyclic) bond motifs is 1. The SMILES string of the molecule is CCN1CC=C2C(N)=C(C#N)C(C#N)(C#N)C(c3ccccc3OC)[C@H]2C1. The molecule has 27 heavy (non-hydrogen) atoms. The van der Waals surface area contributed by atoms with Gasteiger partial charge in [-0.15, -0.1) is 0 Å². The van der Waals surface area contributed by atoms with Crippen molar-refractivity contribution in [3.05, 3.63) is 52.7 Å². The molecular formula is C21H21N5O. The van der Waals surface area contributed by atoms with Gasteiger partial charge in [-0.25, -0.2) is 0 Å². The summed E-state index contributed by atoms with van der Waals surface area (Å²) in [6.45, 7) is 4.31. The normalized spacial score (nSPS) is 24.0. The number of nitriles is 3. The Balaban J connectivity index is 2.35. The zero-order valence-corrected chi connectivity index (χ0v) is 15.4. The van der Waals surface area contributed by atoms with Crippen LogP contribution in [0.15, 0.2) is 47.2 Å². The summed E-state index contributed by atoms with van der Waals surface area (Å²) in [7, 11) is 1.56. The molecule has 0 spiro atoms. The molecule has 6 heteroatoms. The van der Waals surface area contributed by atoms with Crippen LogP contribution >= 0.6 is 0 Å². The number of nitrogens with zero attached hydrogens (tertiary/aromatic N) is 4. The van der Waals surface area contributed by atoms with E-state index in [0.29, 0.717) is 12.3 Å². The summed E-state index contributed by atoms with van der Waals surface area (Å²) in [5.74, 6) is -0.124. The first-order chi connectivity index (χ1) is 13.1. The van der Waals surface area contributed by atoms with E-state index in [0.717, 1.165) is 24.2 Å². The van der Waals surface area contributed by atoms with Crippen molar-refractivity contribution in [1.29, 1.82) is 15.8 Å². The molecule has 1 aromatic carbocycles. The van der Waals surface area contributed by atoms with Crippen molar-refractivity contribution in [1.82, 2.24) is 4.90 Å². The Morgan fingerprint density at radius 2 is 1.96 bits per heavy atom. The number of nitrogens with two attached hydrogens (primary N) is 1. The first-order valence-corrected chi connectivity index (χ1v) is 8.86. The van der Waals surface area contributed by atoms with Gasteiger partial charge in [0.15, 0.2) is 5.41 Å². The lowest BCUT2D eigenvalue weighted by Gasteiger charge is -2.45. The summed E-state index contributed by atoms with van der Waals surface area (Å²) in [6, 6.07) is 13.7. The summed E-state index contributed by atoms with van der Waals surface area (Å²) in [5.41, 5.74) is 6.56. The van der Waals surface area contributed by atoms with Gasteiger partial charge in [0.1, 0.15) is 5.75 Å². The second-order valence-corrected chi connectivity index (χ2v) is 6.77. The number of para-hydroxylation sites is 1. The van der Waals surface area contributed by atoms with Crippen LogP contribution in [0, 0.1) is 45.3 Å². The zero-order chi connectivity index (χ0) is 19.6. The van der Waals surface area contributed by atoms with Gasteiger partial charge in [0, 0.05) is 30.5 Å². The highest BCUT2D eigenvalue weighted by molar-refractivity contribution is 5.60. The summed E-state index contributed by atoms with van der Waals surface area (Å²) < 4.78 is 5.53. The van der Waals surface area contributed by atoms with Gasteiger partial charge in [-0.2, -0.15) is 15.8 Å². The number of benzene rings is 1. The Labute approximate surface area is 159 Å². The maximum atomic E-state index is 10.1. The number of allylic oxidation sites excluding steroid dienone is 2. The molecule has 1 unspecified atom stereocenters. The number of methoxy groups -OCH3 is 1. The summed E-state index contributed by atoms with van der Waals surface area (Å²) >= 11 is 0. The summed E-state index contributed by atoms with van der Waals surface area (Å²) in [4.78, 5) is 2.24. The smallest absolute Gasteiger partial charge is 0.187 e. The van der Waals surface area contributed by atoms with E-state index >= 15 is 0 Å². The van der Waals surface area contributed by atoms with E-state index in [1.807, 2.05) is 30.3 Å². The number of rotatable bonds is 3. The second-order valence-electron chi connectivity index (χ2n) is 6.77. The molecule has 2 atom stereocenters. The average Bonchev–Trinajstić information content (AvgIpc) is 2.72. The minimum absolute atomic E-state index is 0.0378. The Hall–Kier alpha value is -3.27. The Morgan fingerprint density at radius 1 is 1.26 bits per heavy atom. The lowest BCUT2D eigenvalue weighted by Crippen LogP contribution is -2.47. The standard InChI is InChI=1S/C21H21N5O/c1-3-26-9-8-14-16(11-26)19(15-6-4-5-7-18(15)27-2)21(12-23,13-24)17(10-22)20(14)25/h4-8,16,19H,3,9,11,25H2,1-2H3/t16-,19?/m0/s1. The van der Waals surface area contributed by atoms with Crippen molar-refractivity contribution in [2.75, 3.05) is 26.7 Å². The molecule has 1 aliphatic carbocycles. The first-order valence-electron chi connectivity index (χ1n) is 8.86. The zero-order valence-electron chi connectivity index (χ0n) is 15.4. The van der Waals surface area contributed by atoms with Crippen molar-refractivity contribution in [2.24, 2.45) is 17.1 Å². The fourth-order valence-corrected chi connectivity index (χ4v) is 4.29. The molecule has 0 saturated carbocycles. The maximum Gasteiger partial charge on any atom is 0.187 e. The maximum absolute atomic E-state index is 10.1.